The van der Waals surface area contributed by atoms with Gasteiger partial charge in [0.25, 0.3) is 0 Å². The first kappa shape index (κ1) is 13.1. The lowest BCUT2D eigenvalue weighted by molar-refractivity contribution is -0.137. The third kappa shape index (κ3) is 3.84. The van der Waals surface area contributed by atoms with Gasteiger partial charge in [-0.15, -0.1) is 0 Å². The highest BCUT2D eigenvalue weighted by atomic mass is 19.4. The van der Waals surface area contributed by atoms with Crippen LogP contribution >= 0.6 is 0 Å². The van der Waals surface area contributed by atoms with Gasteiger partial charge in [0.05, 0.1) is 11.8 Å². The third-order valence-electron chi connectivity index (χ3n) is 2.34. The fourth-order valence-corrected chi connectivity index (χ4v) is 1.39. The zero-order valence-corrected chi connectivity index (χ0v) is 9.76. The summed E-state index contributed by atoms with van der Waals surface area (Å²) in [5.74, 6) is 0.561. The van der Waals surface area contributed by atoms with Gasteiger partial charge >= 0.3 is 6.18 Å². The second-order valence-electron chi connectivity index (χ2n) is 3.76. The Balaban J connectivity index is 2.00. The SMILES string of the molecule is FC(F)(F)c1ccc(/C=N/Oc2ccccc2)cc1. The Morgan fingerprint density at radius 2 is 1.53 bits per heavy atom. The van der Waals surface area contributed by atoms with Gasteiger partial charge in [0, 0.05) is 0 Å². The molecule has 0 amide bonds. The van der Waals surface area contributed by atoms with E-state index in [1.165, 1.54) is 18.3 Å². The van der Waals surface area contributed by atoms with Crippen molar-refractivity contribution in [3.8, 4) is 5.75 Å². The van der Waals surface area contributed by atoms with Gasteiger partial charge < -0.3 is 4.84 Å². The molecule has 0 bridgehead atoms. The molecule has 2 aromatic carbocycles. The molecule has 2 nitrogen and oxygen atoms in total. The number of oxime groups is 1. The molecule has 0 unspecified atom stereocenters. The number of hydrogen-bond donors (Lipinski definition) is 0. The predicted molar refractivity (Wildman–Crippen MR) is 66.1 cm³/mol. The number of nitrogens with zero attached hydrogens (tertiary/aromatic N) is 1. The van der Waals surface area contributed by atoms with Gasteiger partial charge in [-0.3, -0.25) is 0 Å². The highest BCUT2D eigenvalue weighted by Crippen LogP contribution is 2.28. The summed E-state index contributed by atoms with van der Waals surface area (Å²) in [5, 5.41) is 3.70. The molecule has 0 spiro atoms. The number of halogens is 3. The number of rotatable bonds is 3. The van der Waals surface area contributed by atoms with Gasteiger partial charge in [0.15, 0.2) is 5.75 Å². The smallest absolute Gasteiger partial charge is 0.357 e. The standard InChI is InChI=1S/C14H10F3NO/c15-14(16,17)12-8-6-11(7-9-12)10-18-19-13-4-2-1-3-5-13/h1-10H/b18-10+. The summed E-state index contributed by atoms with van der Waals surface area (Å²) in [6.45, 7) is 0. The summed E-state index contributed by atoms with van der Waals surface area (Å²) in [6, 6.07) is 13.6. The number of alkyl halides is 3. The molecule has 2 rings (SSSR count). The lowest BCUT2D eigenvalue weighted by atomic mass is 10.1. The average molecular weight is 265 g/mol. The zero-order chi connectivity index (χ0) is 13.7. The Kier molecular flexibility index (Phi) is 3.85. The fourth-order valence-electron chi connectivity index (χ4n) is 1.39. The Morgan fingerprint density at radius 1 is 0.895 bits per heavy atom. The van der Waals surface area contributed by atoms with Crippen LogP contribution in [-0.2, 0) is 6.18 Å². The van der Waals surface area contributed by atoms with Crippen molar-refractivity contribution in [1.82, 2.24) is 0 Å². The molecule has 98 valence electrons. The molecule has 5 heteroatoms. The van der Waals surface area contributed by atoms with Crippen LogP contribution in [0.25, 0.3) is 0 Å². The number of benzene rings is 2. The molecule has 0 saturated heterocycles. The third-order valence-corrected chi connectivity index (χ3v) is 2.34. The van der Waals surface area contributed by atoms with Crippen LogP contribution < -0.4 is 4.84 Å². The van der Waals surface area contributed by atoms with E-state index in [9.17, 15) is 13.2 Å². The van der Waals surface area contributed by atoms with Crippen LogP contribution in [0.1, 0.15) is 11.1 Å². The highest BCUT2D eigenvalue weighted by molar-refractivity contribution is 5.79. The summed E-state index contributed by atoms with van der Waals surface area (Å²) in [6.07, 6.45) is -2.97. The van der Waals surface area contributed by atoms with E-state index in [0.717, 1.165) is 12.1 Å². The minimum atomic E-state index is -4.32. The summed E-state index contributed by atoms with van der Waals surface area (Å²) < 4.78 is 37.0. The first-order valence-electron chi connectivity index (χ1n) is 5.48. The quantitative estimate of drug-likeness (QED) is 0.604. The van der Waals surface area contributed by atoms with E-state index >= 15 is 0 Å². The van der Waals surface area contributed by atoms with E-state index in [0.29, 0.717) is 11.3 Å². The van der Waals surface area contributed by atoms with Crippen LogP contribution in [-0.4, -0.2) is 6.21 Å². The highest BCUT2D eigenvalue weighted by Gasteiger charge is 2.29. The van der Waals surface area contributed by atoms with Gasteiger partial charge in [-0.05, 0) is 29.8 Å². The molecule has 0 aromatic heterocycles. The molecule has 0 aliphatic heterocycles. The number of hydrogen-bond acceptors (Lipinski definition) is 2. The van der Waals surface area contributed by atoms with Crippen LogP contribution in [0.4, 0.5) is 13.2 Å². The molecule has 0 saturated carbocycles. The zero-order valence-electron chi connectivity index (χ0n) is 9.76. The van der Waals surface area contributed by atoms with Crippen molar-refractivity contribution in [2.75, 3.05) is 0 Å². The maximum Gasteiger partial charge on any atom is 0.416 e. The van der Waals surface area contributed by atoms with Crippen molar-refractivity contribution in [2.45, 2.75) is 6.18 Å². The summed E-state index contributed by atoms with van der Waals surface area (Å²) >= 11 is 0. The van der Waals surface area contributed by atoms with Crippen molar-refractivity contribution < 1.29 is 18.0 Å². The average Bonchev–Trinajstić information content (AvgIpc) is 2.39. The topological polar surface area (TPSA) is 21.6 Å². The Morgan fingerprint density at radius 3 is 2.11 bits per heavy atom. The normalized spacial score (nSPS) is 11.7. The maximum absolute atomic E-state index is 12.3. The first-order valence-corrected chi connectivity index (χ1v) is 5.48. The van der Waals surface area contributed by atoms with Crippen molar-refractivity contribution in [3.05, 3.63) is 65.7 Å². The Hall–Kier alpha value is -2.30. The molecule has 0 aliphatic carbocycles. The molecule has 0 N–H and O–H groups in total. The van der Waals surface area contributed by atoms with E-state index in [4.69, 9.17) is 4.84 Å². The molecule has 19 heavy (non-hydrogen) atoms. The summed E-state index contributed by atoms with van der Waals surface area (Å²) in [7, 11) is 0. The minimum Gasteiger partial charge on any atom is -0.357 e. The first-order chi connectivity index (χ1) is 9.05. The fraction of sp³-hybridized carbons (Fsp3) is 0.0714. The van der Waals surface area contributed by atoms with Gasteiger partial charge in [-0.1, -0.05) is 35.5 Å². The van der Waals surface area contributed by atoms with Crippen LogP contribution in [0.15, 0.2) is 59.8 Å². The Bertz CT molecular complexity index is 547. The minimum absolute atomic E-state index is 0.531. The van der Waals surface area contributed by atoms with Crippen LogP contribution in [0.3, 0.4) is 0 Å². The van der Waals surface area contributed by atoms with Crippen LogP contribution in [0.5, 0.6) is 5.75 Å². The Labute approximate surface area is 108 Å². The predicted octanol–water partition coefficient (Wildman–Crippen LogP) is 4.12. The lowest BCUT2D eigenvalue weighted by Crippen LogP contribution is -2.04. The second-order valence-corrected chi connectivity index (χ2v) is 3.76. The molecule has 0 atom stereocenters. The van der Waals surface area contributed by atoms with E-state index in [1.807, 2.05) is 6.07 Å². The largest absolute Gasteiger partial charge is 0.416 e. The van der Waals surface area contributed by atoms with Crippen molar-refractivity contribution in [1.29, 1.82) is 0 Å². The van der Waals surface area contributed by atoms with Gasteiger partial charge in [-0.25, -0.2) is 0 Å². The molecule has 0 radical (unpaired) electrons. The van der Waals surface area contributed by atoms with Gasteiger partial charge in [-0.2, -0.15) is 13.2 Å². The van der Waals surface area contributed by atoms with Gasteiger partial charge in [0.2, 0.25) is 0 Å². The van der Waals surface area contributed by atoms with E-state index in [1.54, 1.807) is 24.3 Å². The van der Waals surface area contributed by atoms with Crippen LogP contribution in [0.2, 0.25) is 0 Å². The molecule has 0 aliphatic rings. The molecular formula is C14H10F3NO. The lowest BCUT2D eigenvalue weighted by Gasteiger charge is -2.05. The van der Waals surface area contributed by atoms with Crippen molar-refractivity contribution >= 4 is 6.21 Å². The monoisotopic (exact) mass is 265 g/mol. The van der Waals surface area contributed by atoms with Crippen molar-refractivity contribution in [2.24, 2.45) is 5.16 Å². The summed E-state index contributed by atoms with van der Waals surface area (Å²) in [4.78, 5) is 5.05. The van der Waals surface area contributed by atoms with E-state index in [2.05, 4.69) is 5.16 Å². The molecule has 0 fully saturated rings. The van der Waals surface area contributed by atoms with Gasteiger partial charge in [0.1, 0.15) is 0 Å². The van der Waals surface area contributed by atoms with Crippen LogP contribution in [0, 0.1) is 0 Å². The molecule has 2 aromatic rings. The molecular weight excluding hydrogens is 255 g/mol. The van der Waals surface area contributed by atoms with E-state index in [-0.39, 0.29) is 0 Å². The molecule has 0 heterocycles. The van der Waals surface area contributed by atoms with E-state index < -0.39 is 11.7 Å². The maximum atomic E-state index is 12.3. The second kappa shape index (κ2) is 5.56. The van der Waals surface area contributed by atoms with Crippen molar-refractivity contribution in [3.63, 3.8) is 0 Å². The number of para-hydroxylation sites is 1. The summed E-state index contributed by atoms with van der Waals surface area (Å²) in [5.41, 5.74) is -0.155.